The first kappa shape index (κ1) is 14.9. The summed E-state index contributed by atoms with van der Waals surface area (Å²) in [5.74, 6) is 0.319. The highest BCUT2D eigenvalue weighted by atomic mass is 32.2. The van der Waals surface area contributed by atoms with Gasteiger partial charge in [0.15, 0.2) is 0 Å². The third-order valence-corrected chi connectivity index (χ3v) is 4.14. The molecule has 6 heteroatoms. The summed E-state index contributed by atoms with van der Waals surface area (Å²) in [7, 11) is -2.16. The minimum absolute atomic E-state index is 0.0563. The van der Waals surface area contributed by atoms with Crippen molar-refractivity contribution in [2.45, 2.75) is 30.7 Å². The zero-order valence-corrected chi connectivity index (χ0v) is 11.4. The van der Waals surface area contributed by atoms with Crippen molar-refractivity contribution < 1.29 is 18.3 Å². The first-order valence-electron chi connectivity index (χ1n) is 5.77. The van der Waals surface area contributed by atoms with E-state index in [-0.39, 0.29) is 17.5 Å². The fourth-order valence-corrected chi connectivity index (χ4v) is 3.07. The lowest BCUT2D eigenvalue weighted by molar-refractivity contribution is 0.279. The number of sulfonamides is 1. The Morgan fingerprint density at radius 1 is 1.39 bits per heavy atom. The molecular weight excluding hydrogens is 254 g/mol. The molecular formula is C12H19NO4S. The average Bonchev–Trinajstić information content (AvgIpc) is 2.35. The van der Waals surface area contributed by atoms with Gasteiger partial charge in [0, 0.05) is 12.6 Å². The Labute approximate surface area is 108 Å². The largest absolute Gasteiger partial charge is 0.495 e. The molecule has 0 amide bonds. The topological polar surface area (TPSA) is 75.6 Å². The summed E-state index contributed by atoms with van der Waals surface area (Å²) in [4.78, 5) is 0.128. The van der Waals surface area contributed by atoms with Gasteiger partial charge in [0.2, 0.25) is 10.0 Å². The highest BCUT2D eigenvalue weighted by Crippen LogP contribution is 2.22. The van der Waals surface area contributed by atoms with E-state index >= 15 is 0 Å². The molecule has 1 unspecified atom stereocenters. The second-order valence-corrected chi connectivity index (χ2v) is 5.72. The van der Waals surface area contributed by atoms with Gasteiger partial charge in [0.1, 0.15) is 10.6 Å². The van der Waals surface area contributed by atoms with Gasteiger partial charge in [-0.2, -0.15) is 0 Å². The highest BCUT2D eigenvalue weighted by Gasteiger charge is 2.20. The summed E-state index contributed by atoms with van der Waals surface area (Å²) in [6, 6.07) is 6.24. The third-order valence-electron chi connectivity index (χ3n) is 2.51. The first-order valence-corrected chi connectivity index (χ1v) is 7.25. The molecule has 0 spiro atoms. The number of nitrogens with one attached hydrogen (secondary N) is 1. The van der Waals surface area contributed by atoms with Crippen LogP contribution in [0.3, 0.4) is 0 Å². The van der Waals surface area contributed by atoms with E-state index in [1.165, 1.54) is 13.2 Å². The lowest BCUT2D eigenvalue weighted by Gasteiger charge is -2.15. The molecule has 0 saturated heterocycles. The number of methoxy groups -OCH3 is 1. The Balaban J connectivity index is 2.86. The van der Waals surface area contributed by atoms with Crippen molar-refractivity contribution in [1.82, 2.24) is 4.72 Å². The van der Waals surface area contributed by atoms with Gasteiger partial charge in [-0.1, -0.05) is 12.1 Å². The van der Waals surface area contributed by atoms with Crippen LogP contribution < -0.4 is 9.46 Å². The number of benzene rings is 1. The smallest absolute Gasteiger partial charge is 0.244 e. The highest BCUT2D eigenvalue weighted by molar-refractivity contribution is 7.89. The standard InChI is InChI=1S/C12H19NO4S/c1-10(6-5-9-14)13-18(15,16)12-8-4-3-7-11(12)17-2/h3-4,7-8,10,13-14H,5-6,9H2,1-2H3. The molecule has 2 N–H and O–H groups in total. The molecule has 0 heterocycles. The SMILES string of the molecule is COc1ccccc1S(=O)(=O)NC(C)CCCO. The molecule has 0 aliphatic rings. The van der Waals surface area contributed by atoms with Crippen molar-refractivity contribution in [3.8, 4) is 5.75 Å². The molecule has 1 aromatic rings. The molecule has 0 radical (unpaired) electrons. The summed E-state index contributed by atoms with van der Waals surface area (Å²) in [5.41, 5.74) is 0. The Morgan fingerprint density at radius 2 is 2.06 bits per heavy atom. The van der Waals surface area contributed by atoms with Crippen molar-refractivity contribution in [1.29, 1.82) is 0 Å². The predicted molar refractivity (Wildman–Crippen MR) is 69.1 cm³/mol. The van der Waals surface area contributed by atoms with Crippen LogP contribution in [0.1, 0.15) is 19.8 Å². The van der Waals surface area contributed by atoms with E-state index in [4.69, 9.17) is 9.84 Å². The number of ether oxygens (including phenoxy) is 1. The fraction of sp³-hybridized carbons (Fsp3) is 0.500. The summed E-state index contributed by atoms with van der Waals surface area (Å²) < 4.78 is 31.9. The van der Waals surface area contributed by atoms with E-state index in [1.54, 1.807) is 25.1 Å². The molecule has 0 saturated carbocycles. The van der Waals surface area contributed by atoms with Gasteiger partial charge >= 0.3 is 0 Å². The molecule has 0 aliphatic heterocycles. The van der Waals surface area contributed by atoms with Gasteiger partial charge in [0.25, 0.3) is 0 Å². The van der Waals surface area contributed by atoms with E-state index in [2.05, 4.69) is 4.72 Å². The molecule has 18 heavy (non-hydrogen) atoms. The van der Waals surface area contributed by atoms with E-state index < -0.39 is 10.0 Å². The number of aliphatic hydroxyl groups is 1. The average molecular weight is 273 g/mol. The normalized spacial score (nSPS) is 13.3. The van der Waals surface area contributed by atoms with Crippen LogP contribution in [-0.4, -0.2) is 33.3 Å². The zero-order chi connectivity index (χ0) is 13.6. The summed E-state index contributed by atoms with van der Waals surface area (Å²) in [6.07, 6.45) is 1.15. The van der Waals surface area contributed by atoms with Gasteiger partial charge in [-0.3, -0.25) is 0 Å². The van der Waals surface area contributed by atoms with Crippen molar-refractivity contribution in [2.24, 2.45) is 0 Å². The van der Waals surface area contributed by atoms with Gasteiger partial charge in [-0.15, -0.1) is 0 Å². The Morgan fingerprint density at radius 3 is 2.67 bits per heavy atom. The van der Waals surface area contributed by atoms with Crippen LogP contribution in [-0.2, 0) is 10.0 Å². The lowest BCUT2D eigenvalue weighted by atomic mass is 10.2. The van der Waals surface area contributed by atoms with Crippen LogP contribution in [0.4, 0.5) is 0 Å². The monoisotopic (exact) mass is 273 g/mol. The summed E-state index contributed by atoms with van der Waals surface area (Å²) in [5, 5.41) is 8.72. The maximum atomic E-state index is 12.1. The molecule has 0 bridgehead atoms. The summed E-state index contributed by atoms with van der Waals surface area (Å²) >= 11 is 0. The van der Waals surface area contributed by atoms with Crippen LogP contribution in [0.15, 0.2) is 29.2 Å². The van der Waals surface area contributed by atoms with E-state index in [9.17, 15) is 8.42 Å². The van der Waals surface area contributed by atoms with Gasteiger partial charge < -0.3 is 9.84 Å². The van der Waals surface area contributed by atoms with E-state index in [1.807, 2.05) is 0 Å². The number of hydrogen-bond donors (Lipinski definition) is 2. The zero-order valence-electron chi connectivity index (χ0n) is 10.6. The van der Waals surface area contributed by atoms with Crippen LogP contribution >= 0.6 is 0 Å². The molecule has 5 nitrogen and oxygen atoms in total. The van der Waals surface area contributed by atoms with E-state index in [0.29, 0.717) is 18.6 Å². The molecule has 1 aromatic carbocycles. The maximum Gasteiger partial charge on any atom is 0.244 e. The van der Waals surface area contributed by atoms with Crippen molar-refractivity contribution in [2.75, 3.05) is 13.7 Å². The molecule has 1 rings (SSSR count). The van der Waals surface area contributed by atoms with Crippen LogP contribution in [0.2, 0.25) is 0 Å². The molecule has 0 aromatic heterocycles. The lowest BCUT2D eigenvalue weighted by Crippen LogP contribution is -2.32. The van der Waals surface area contributed by atoms with E-state index in [0.717, 1.165) is 0 Å². The Hall–Kier alpha value is -1.11. The number of rotatable bonds is 7. The summed E-state index contributed by atoms with van der Waals surface area (Å²) in [6.45, 7) is 1.82. The van der Waals surface area contributed by atoms with Crippen LogP contribution in [0, 0.1) is 0 Å². The number of hydrogen-bond acceptors (Lipinski definition) is 4. The minimum Gasteiger partial charge on any atom is -0.495 e. The van der Waals surface area contributed by atoms with Crippen LogP contribution in [0.25, 0.3) is 0 Å². The second-order valence-electron chi connectivity index (χ2n) is 4.04. The third kappa shape index (κ3) is 3.97. The van der Waals surface area contributed by atoms with Gasteiger partial charge in [-0.25, -0.2) is 13.1 Å². The number of aliphatic hydroxyl groups excluding tert-OH is 1. The molecule has 0 aliphatic carbocycles. The first-order chi connectivity index (χ1) is 8.51. The Kier molecular flexibility index (Phi) is 5.58. The maximum absolute atomic E-state index is 12.1. The molecule has 0 fully saturated rings. The predicted octanol–water partition coefficient (Wildman–Crippen LogP) is 1.13. The minimum atomic E-state index is -3.59. The fourth-order valence-electron chi connectivity index (χ4n) is 1.63. The van der Waals surface area contributed by atoms with Crippen molar-refractivity contribution in [3.63, 3.8) is 0 Å². The quantitative estimate of drug-likeness (QED) is 0.781. The molecule has 102 valence electrons. The number of para-hydroxylation sites is 1. The molecule has 1 atom stereocenters. The van der Waals surface area contributed by atoms with Gasteiger partial charge in [-0.05, 0) is 31.9 Å². The second kappa shape index (κ2) is 6.72. The van der Waals surface area contributed by atoms with Crippen molar-refractivity contribution in [3.05, 3.63) is 24.3 Å². The van der Waals surface area contributed by atoms with Gasteiger partial charge in [0.05, 0.1) is 7.11 Å². The van der Waals surface area contributed by atoms with Crippen LogP contribution in [0.5, 0.6) is 5.75 Å². The Bertz CT molecular complexity index is 473. The van der Waals surface area contributed by atoms with Crippen molar-refractivity contribution >= 4 is 10.0 Å².